The number of carbonyl (C=O) groups excluding carboxylic acids is 2. The quantitative estimate of drug-likeness (QED) is 0.677. The molecule has 0 unspecified atom stereocenters. The first-order chi connectivity index (χ1) is 14.7. The van der Waals surface area contributed by atoms with E-state index < -0.39 is 27.7 Å². The molecule has 0 radical (unpaired) electrons. The van der Waals surface area contributed by atoms with Crippen LogP contribution in [-0.2, 0) is 24.4 Å². The lowest BCUT2D eigenvalue weighted by molar-refractivity contribution is -0.146. The van der Waals surface area contributed by atoms with Crippen LogP contribution < -0.4 is 0 Å². The number of hydrogen-bond donors (Lipinski definition) is 1. The van der Waals surface area contributed by atoms with Gasteiger partial charge in [-0.3, -0.25) is 14.4 Å². The minimum atomic E-state index is -3.76. The molecule has 0 aromatic heterocycles. The summed E-state index contributed by atoms with van der Waals surface area (Å²) in [7, 11) is -3.76. The summed E-state index contributed by atoms with van der Waals surface area (Å²) in [5.41, 5.74) is 0. The minimum absolute atomic E-state index is 0.000435. The minimum Gasteiger partial charge on any atom is -0.481 e. The van der Waals surface area contributed by atoms with Crippen LogP contribution in [0.1, 0.15) is 25.7 Å². The fourth-order valence-electron chi connectivity index (χ4n) is 3.87. The molecule has 2 aliphatic heterocycles. The summed E-state index contributed by atoms with van der Waals surface area (Å²) in [6, 6.07) is 4.60. The van der Waals surface area contributed by atoms with Crippen LogP contribution in [-0.4, -0.2) is 84.7 Å². The number of sulfonamides is 1. The fourth-order valence-corrected chi connectivity index (χ4v) is 5.29. The van der Waals surface area contributed by atoms with Crippen LogP contribution in [0.15, 0.2) is 29.2 Å². The van der Waals surface area contributed by atoms with Crippen LogP contribution in [0.4, 0.5) is 4.39 Å². The van der Waals surface area contributed by atoms with Crippen LogP contribution in [0.5, 0.6) is 0 Å². The van der Waals surface area contributed by atoms with Crippen molar-refractivity contribution in [3.63, 3.8) is 0 Å². The van der Waals surface area contributed by atoms with Gasteiger partial charge in [0.15, 0.2) is 0 Å². The molecule has 170 valence electrons. The molecule has 1 aromatic carbocycles. The first-order valence-corrected chi connectivity index (χ1v) is 11.7. The zero-order valence-electron chi connectivity index (χ0n) is 17.1. The number of aliphatic carboxylic acids is 1. The molecule has 11 heteroatoms. The first-order valence-electron chi connectivity index (χ1n) is 10.2. The van der Waals surface area contributed by atoms with Crippen molar-refractivity contribution >= 4 is 27.8 Å². The summed E-state index contributed by atoms with van der Waals surface area (Å²) in [4.78, 5) is 39.0. The summed E-state index contributed by atoms with van der Waals surface area (Å²) >= 11 is 0. The zero-order chi connectivity index (χ0) is 22.6. The highest BCUT2D eigenvalue weighted by atomic mass is 32.2. The van der Waals surface area contributed by atoms with Crippen molar-refractivity contribution in [3.8, 4) is 0 Å². The van der Waals surface area contributed by atoms with Crippen molar-refractivity contribution in [2.45, 2.75) is 30.6 Å². The van der Waals surface area contributed by atoms with E-state index in [4.69, 9.17) is 5.11 Å². The molecule has 2 fully saturated rings. The second kappa shape index (κ2) is 9.73. The van der Waals surface area contributed by atoms with E-state index in [2.05, 4.69) is 0 Å². The van der Waals surface area contributed by atoms with Crippen molar-refractivity contribution in [1.82, 2.24) is 14.1 Å². The normalized spacial score (nSPS) is 20.5. The maximum absolute atomic E-state index is 13.1. The van der Waals surface area contributed by atoms with E-state index in [1.807, 2.05) is 0 Å². The second-order valence-electron chi connectivity index (χ2n) is 7.76. The van der Waals surface area contributed by atoms with E-state index >= 15 is 0 Å². The van der Waals surface area contributed by atoms with Crippen LogP contribution in [0.2, 0.25) is 0 Å². The van der Waals surface area contributed by atoms with E-state index in [1.54, 1.807) is 0 Å². The molecule has 1 aromatic rings. The van der Waals surface area contributed by atoms with Crippen molar-refractivity contribution in [2.24, 2.45) is 5.92 Å². The molecular weight excluding hydrogens is 429 g/mol. The van der Waals surface area contributed by atoms with Gasteiger partial charge >= 0.3 is 5.97 Å². The van der Waals surface area contributed by atoms with Gasteiger partial charge in [0.25, 0.3) is 0 Å². The van der Waals surface area contributed by atoms with E-state index in [1.165, 1.54) is 26.2 Å². The van der Waals surface area contributed by atoms with E-state index in [0.717, 1.165) is 12.1 Å². The highest BCUT2D eigenvalue weighted by Crippen LogP contribution is 2.20. The third kappa shape index (κ3) is 5.59. The van der Waals surface area contributed by atoms with E-state index in [9.17, 15) is 27.2 Å². The first kappa shape index (κ1) is 23.1. The summed E-state index contributed by atoms with van der Waals surface area (Å²) in [6.45, 7) is 1.31. The summed E-state index contributed by atoms with van der Waals surface area (Å²) < 4.78 is 39.6. The summed E-state index contributed by atoms with van der Waals surface area (Å²) in [5, 5.41) is 9.13. The molecule has 31 heavy (non-hydrogen) atoms. The standard InChI is InChI=1S/C20H26FN3O6S/c21-16-3-5-17(6-4-16)31(29,30)24-12-10-22(11-13-24)18(25)7-8-19(26)23-9-1-2-15(14-23)20(27)28/h3-6,15H,1-2,7-14H2,(H,27,28)/t15-/m1/s1. The van der Waals surface area contributed by atoms with Gasteiger partial charge in [-0.2, -0.15) is 4.31 Å². The summed E-state index contributed by atoms with van der Waals surface area (Å²) in [5.74, 6) is -2.48. The van der Waals surface area contributed by atoms with Gasteiger partial charge in [0, 0.05) is 52.1 Å². The highest BCUT2D eigenvalue weighted by Gasteiger charge is 2.31. The van der Waals surface area contributed by atoms with Gasteiger partial charge in [-0.15, -0.1) is 0 Å². The predicted octanol–water partition coefficient (Wildman–Crippen LogP) is 0.762. The maximum atomic E-state index is 13.1. The Morgan fingerprint density at radius 3 is 2.10 bits per heavy atom. The molecule has 0 bridgehead atoms. The number of carbonyl (C=O) groups is 3. The van der Waals surface area contributed by atoms with Crippen LogP contribution in [0.3, 0.4) is 0 Å². The lowest BCUT2D eigenvalue weighted by atomic mass is 9.98. The molecule has 3 rings (SSSR count). The second-order valence-corrected chi connectivity index (χ2v) is 9.69. The highest BCUT2D eigenvalue weighted by molar-refractivity contribution is 7.89. The Bertz CT molecular complexity index is 929. The monoisotopic (exact) mass is 455 g/mol. The zero-order valence-corrected chi connectivity index (χ0v) is 17.9. The average molecular weight is 456 g/mol. The van der Waals surface area contributed by atoms with E-state index in [0.29, 0.717) is 19.4 Å². The molecule has 1 atom stereocenters. The molecule has 0 aliphatic carbocycles. The van der Waals surface area contributed by atoms with Crippen molar-refractivity contribution in [1.29, 1.82) is 0 Å². The van der Waals surface area contributed by atoms with Crippen molar-refractivity contribution < 1.29 is 32.3 Å². The number of nitrogens with zero attached hydrogens (tertiary/aromatic N) is 3. The number of hydrogen-bond acceptors (Lipinski definition) is 5. The van der Waals surface area contributed by atoms with Gasteiger partial charge < -0.3 is 14.9 Å². The number of rotatable bonds is 6. The SMILES string of the molecule is O=C(O)[C@@H]1CCCN(C(=O)CCC(=O)N2CCN(S(=O)(=O)c3ccc(F)cc3)CC2)C1. The van der Waals surface area contributed by atoms with Gasteiger partial charge in [-0.1, -0.05) is 0 Å². The van der Waals surface area contributed by atoms with Crippen molar-refractivity contribution in [3.05, 3.63) is 30.1 Å². The van der Waals surface area contributed by atoms with Crippen LogP contribution in [0.25, 0.3) is 0 Å². The largest absolute Gasteiger partial charge is 0.481 e. The van der Waals surface area contributed by atoms with Gasteiger partial charge in [-0.25, -0.2) is 12.8 Å². The average Bonchev–Trinajstić information content (AvgIpc) is 2.77. The smallest absolute Gasteiger partial charge is 0.308 e. The number of benzene rings is 1. The third-order valence-electron chi connectivity index (χ3n) is 5.72. The van der Waals surface area contributed by atoms with Gasteiger partial charge in [0.2, 0.25) is 21.8 Å². The fraction of sp³-hybridized carbons (Fsp3) is 0.550. The number of piperidine rings is 1. The molecule has 9 nitrogen and oxygen atoms in total. The lowest BCUT2D eigenvalue weighted by Gasteiger charge is -2.34. The van der Waals surface area contributed by atoms with Crippen LogP contribution in [0, 0.1) is 11.7 Å². The number of likely N-dealkylation sites (tertiary alicyclic amines) is 1. The number of amides is 2. The van der Waals surface area contributed by atoms with Gasteiger partial charge in [-0.05, 0) is 37.1 Å². The molecule has 2 heterocycles. The van der Waals surface area contributed by atoms with Crippen LogP contribution >= 0.6 is 0 Å². The maximum Gasteiger partial charge on any atom is 0.308 e. The lowest BCUT2D eigenvalue weighted by Crippen LogP contribution is -2.50. The third-order valence-corrected chi connectivity index (χ3v) is 7.63. The van der Waals surface area contributed by atoms with Gasteiger partial charge in [0.1, 0.15) is 5.82 Å². The summed E-state index contributed by atoms with van der Waals surface area (Å²) in [6.07, 6.45) is 1.17. The molecule has 2 amide bonds. The Morgan fingerprint density at radius 2 is 1.52 bits per heavy atom. The molecular formula is C20H26FN3O6S. The molecule has 2 aliphatic rings. The molecule has 0 spiro atoms. The molecule has 2 saturated heterocycles. The predicted molar refractivity (Wildman–Crippen MR) is 108 cm³/mol. The topological polar surface area (TPSA) is 115 Å². The van der Waals surface area contributed by atoms with Gasteiger partial charge in [0.05, 0.1) is 10.8 Å². The molecule has 1 N–H and O–H groups in total. The number of carboxylic acids is 1. The number of carboxylic acid groups (broad SMARTS) is 1. The van der Waals surface area contributed by atoms with E-state index in [-0.39, 0.29) is 62.3 Å². The number of halogens is 1. The number of piperazine rings is 1. The Hall–Kier alpha value is -2.53. The van der Waals surface area contributed by atoms with Crippen molar-refractivity contribution in [2.75, 3.05) is 39.3 Å². The Morgan fingerprint density at radius 1 is 0.935 bits per heavy atom. The Labute approximate surface area is 180 Å². The Kier molecular flexibility index (Phi) is 7.26. The Balaban J connectivity index is 1.47. The molecule has 0 saturated carbocycles.